The number of carbonyl (C=O) groups excluding carboxylic acids is 1. The molecule has 0 saturated heterocycles. The fraction of sp³-hybridized carbons (Fsp3) is 0.625. The lowest BCUT2D eigenvalue weighted by Gasteiger charge is -2.33. The number of fused-ring (bicyclic) bond motifs is 3. The Balaban J connectivity index is 2.01. The second-order valence-electron chi connectivity index (χ2n) is 7.32. The van der Waals surface area contributed by atoms with Crippen molar-refractivity contribution in [2.24, 2.45) is 17.1 Å². The van der Waals surface area contributed by atoms with Crippen molar-refractivity contribution in [2.75, 3.05) is 0 Å². The van der Waals surface area contributed by atoms with Crippen LogP contribution < -0.4 is 11.3 Å². The molecule has 3 rings (SSSR count). The molecule has 1 aliphatic rings. The molecule has 0 fully saturated rings. The highest BCUT2D eigenvalue weighted by atomic mass is 32.1. The zero-order valence-corrected chi connectivity index (χ0v) is 14.6. The molecule has 0 aliphatic heterocycles. The van der Waals surface area contributed by atoms with Crippen molar-refractivity contribution in [3.63, 3.8) is 0 Å². The molecule has 0 bridgehead atoms. The van der Waals surface area contributed by atoms with Crippen LogP contribution >= 0.6 is 11.3 Å². The van der Waals surface area contributed by atoms with E-state index in [9.17, 15) is 9.59 Å². The Morgan fingerprint density at radius 1 is 1.43 bits per heavy atom. The summed E-state index contributed by atoms with van der Waals surface area (Å²) in [4.78, 5) is 25.6. The standard InChI is InChI=1S/C16H22N4O2S/c1-16(2,3)9-4-5-10-11(8-9)23-14-13(10)15(22)20(19-18-14)7-6-12(17)21/h9H,4-8H2,1-3H3,(H2,17,21). The minimum atomic E-state index is -0.445. The fourth-order valence-corrected chi connectivity index (χ4v) is 4.46. The van der Waals surface area contributed by atoms with E-state index >= 15 is 0 Å². The van der Waals surface area contributed by atoms with E-state index in [1.54, 1.807) is 11.3 Å². The molecule has 0 spiro atoms. The van der Waals surface area contributed by atoms with E-state index in [4.69, 9.17) is 5.73 Å². The molecule has 0 aromatic carbocycles. The fourth-order valence-electron chi connectivity index (χ4n) is 3.23. The van der Waals surface area contributed by atoms with Crippen LogP contribution in [-0.2, 0) is 24.2 Å². The number of nitrogens with zero attached hydrogens (tertiary/aromatic N) is 3. The lowest BCUT2D eigenvalue weighted by atomic mass is 9.72. The highest BCUT2D eigenvalue weighted by Gasteiger charge is 2.31. The molecular weight excluding hydrogens is 312 g/mol. The molecule has 2 heterocycles. The number of aromatic nitrogens is 3. The summed E-state index contributed by atoms with van der Waals surface area (Å²) >= 11 is 1.59. The van der Waals surface area contributed by atoms with Gasteiger partial charge in [0.25, 0.3) is 5.56 Å². The summed E-state index contributed by atoms with van der Waals surface area (Å²) in [5.41, 5.74) is 6.40. The van der Waals surface area contributed by atoms with E-state index in [1.165, 1.54) is 9.56 Å². The molecule has 7 heteroatoms. The Kier molecular flexibility index (Phi) is 4.00. The summed E-state index contributed by atoms with van der Waals surface area (Å²) in [7, 11) is 0. The van der Waals surface area contributed by atoms with Gasteiger partial charge in [0.15, 0.2) is 4.83 Å². The quantitative estimate of drug-likeness (QED) is 0.928. The second kappa shape index (κ2) is 5.70. The van der Waals surface area contributed by atoms with Crippen LogP contribution in [0.15, 0.2) is 4.79 Å². The van der Waals surface area contributed by atoms with Crippen LogP contribution in [0.5, 0.6) is 0 Å². The van der Waals surface area contributed by atoms with E-state index in [1.807, 2.05) is 0 Å². The van der Waals surface area contributed by atoms with E-state index < -0.39 is 5.91 Å². The first-order valence-corrected chi connectivity index (χ1v) is 8.75. The van der Waals surface area contributed by atoms with Crippen molar-refractivity contribution in [1.82, 2.24) is 15.0 Å². The lowest BCUT2D eigenvalue weighted by Crippen LogP contribution is -2.28. The number of amides is 1. The number of hydrogen-bond donors (Lipinski definition) is 1. The molecule has 1 aliphatic carbocycles. The van der Waals surface area contributed by atoms with Gasteiger partial charge in [0.2, 0.25) is 5.91 Å². The minimum absolute atomic E-state index is 0.0958. The molecule has 1 unspecified atom stereocenters. The van der Waals surface area contributed by atoms with Crippen molar-refractivity contribution in [1.29, 1.82) is 0 Å². The smallest absolute Gasteiger partial charge is 0.278 e. The second-order valence-corrected chi connectivity index (χ2v) is 8.41. The molecule has 1 atom stereocenters. The van der Waals surface area contributed by atoms with Crippen molar-refractivity contribution in [2.45, 2.75) is 53.0 Å². The minimum Gasteiger partial charge on any atom is -0.370 e. The Labute approximate surface area is 138 Å². The van der Waals surface area contributed by atoms with Crippen molar-refractivity contribution >= 4 is 27.5 Å². The predicted molar refractivity (Wildman–Crippen MR) is 90.5 cm³/mol. The maximum atomic E-state index is 12.7. The maximum Gasteiger partial charge on any atom is 0.278 e. The first-order chi connectivity index (χ1) is 10.8. The number of hydrogen-bond acceptors (Lipinski definition) is 5. The molecule has 6 nitrogen and oxygen atoms in total. The molecule has 0 radical (unpaired) electrons. The van der Waals surface area contributed by atoms with Crippen molar-refractivity contribution in [3.8, 4) is 0 Å². The van der Waals surface area contributed by atoms with Gasteiger partial charge in [-0.2, -0.15) is 0 Å². The van der Waals surface area contributed by atoms with Gasteiger partial charge in [-0.1, -0.05) is 26.0 Å². The Morgan fingerprint density at radius 3 is 2.83 bits per heavy atom. The van der Waals surface area contributed by atoms with Gasteiger partial charge in [-0.25, -0.2) is 4.68 Å². The average molecular weight is 334 g/mol. The average Bonchev–Trinajstić information content (AvgIpc) is 2.83. The van der Waals surface area contributed by atoms with Crippen LogP contribution in [-0.4, -0.2) is 20.9 Å². The van der Waals surface area contributed by atoms with Crippen molar-refractivity contribution < 1.29 is 4.79 Å². The summed E-state index contributed by atoms with van der Waals surface area (Å²) in [5.74, 6) is 0.173. The third kappa shape index (κ3) is 3.02. The summed E-state index contributed by atoms with van der Waals surface area (Å²) < 4.78 is 1.26. The van der Waals surface area contributed by atoms with Gasteiger partial charge in [0.1, 0.15) is 0 Å². The molecule has 124 valence electrons. The van der Waals surface area contributed by atoms with Crippen LogP contribution in [0.1, 0.15) is 44.1 Å². The SMILES string of the molecule is CC(C)(C)C1CCc2c(sc3nnn(CCC(N)=O)c(=O)c23)C1. The topological polar surface area (TPSA) is 90.9 Å². The van der Waals surface area contributed by atoms with E-state index in [0.717, 1.165) is 24.8 Å². The first-order valence-electron chi connectivity index (χ1n) is 7.93. The van der Waals surface area contributed by atoms with Gasteiger partial charge in [0, 0.05) is 11.3 Å². The number of primary amides is 1. The highest BCUT2D eigenvalue weighted by molar-refractivity contribution is 7.18. The van der Waals surface area contributed by atoms with E-state index in [0.29, 0.717) is 16.1 Å². The molecule has 0 saturated carbocycles. The molecule has 1 amide bonds. The van der Waals surface area contributed by atoms with Crippen LogP contribution in [0.2, 0.25) is 0 Å². The van der Waals surface area contributed by atoms with Gasteiger partial charge in [-0.15, -0.1) is 16.4 Å². The van der Waals surface area contributed by atoms with E-state index in [-0.39, 0.29) is 23.9 Å². The third-order valence-corrected chi connectivity index (χ3v) is 5.87. The molecular formula is C16H22N4O2S. The van der Waals surface area contributed by atoms with Gasteiger partial charge in [-0.3, -0.25) is 9.59 Å². The highest BCUT2D eigenvalue weighted by Crippen LogP contribution is 2.41. The van der Waals surface area contributed by atoms with Gasteiger partial charge < -0.3 is 5.73 Å². The Bertz CT molecular complexity index is 816. The van der Waals surface area contributed by atoms with Gasteiger partial charge >= 0.3 is 0 Å². The summed E-state index contributed by atoms with van der Waals surface area (Å²) in [6.45, 7) is 7.00. The number of thiophene rings is 1. The molecule has 2 aromatic rings. The summed E-state index contributed by atoms with van der Waals surface area (Å²) in [5, 5.41) is 8.83. The van der Waals surface area contributed by atoms with Gasteiger partial charge in [0.05, 0.1) is 11.9 Å². The zero-order chi connectivity index (χ0) is 16.8. The lowest BCUT2D eigenvalue weighted by molar-refractivity contribution is -0.118. The molecule has 23 heavy (non-hydrogen) atoms. The molecule has 2 aromatic heterocycles. The van der Waals surface area contributed by atoms with Crippen molar-refractivity contribution in [3.05, 3.63) is 20.8 Å². The summed E-state index contributed by atoms with van der Waals surface area (Å²) in [6.07, 6.45) is 3.10. The Hall–Kier alpha value is -1.76. The van der Waals surface area contributed by atoms with Crippen LogP contribution in [0, 0.1) is 11.3 Å². The summed E-state index contributed by atoms with van der Waals surface area (Å²) in [6, 6.07) is 0. The largest absolute Gasteiger partial charge is 0.370 e. The van der Waals surface area contributed by atoms with Crippen LogP contribution in [0.4, 0.5) is 0 Å². The van der Waals surface area contributed by atoms with E-state index in [2.05, 4.69) is 31.1 Å². The van der Waals surface area contributed by atoms with Crippen LogP contribution in [0.3, 0.4) is 0 Å². The monoisotopic (exact) mass is 334 g/mol. The predicted octanol–water partition coefficient (Wildman–Crippen LogP) is 1.88. The Morgan fingerprint density at radius 2 is 2.17 bits per heavy atom. The third-order valence-electron chi connectivity index (χ3n) is 4.73. The molecule has 2 N–H and O–H groups in total. The number of carbonyl (C=O) groups is 1. The first kappa shape index (κ1) is 16.1. The normalized spacial score (nSPS) is 18.1. The number of rotatable bonds is 3. The van der Waals surface area contributed by atoms with Gasteiger partial charge in [-0.05, 0) is 36.2 Å². The maximum absolute atomic E-state index is 12.7. The number of aryl methyl sites for hydroxylation is 2. The number of nitrogens with two attached hydrogens (primary N) is 1. The zero-order valence-electron chi connectivity index (χ0n) is 13.8. The van der Waals surface area contributed by atoms with Crippen LogP contribution in [0.25, 0.3) is 10.2 Å².